The lowest BCUT2D eigenvalue weighted by Crippen LogP contribution is -2.10. The minimum Gasteiger partial charge on any atom is -0.377 e. The SMILES string of the molecule is CCn1cc(COCCC2CCNC2)cn1. The maximum atomic E-state index is 5.66. The van der Waals surface area contributed by atoms with Crippen molar-refractivity contribution in [2.75, 3.05) is 19.7 Å². The third-order valence-electron chi connectivity index (χ3n) is 3.11. The van der Waals surface area contributed by atoms with Gasteiger partial charge in [0.25, 0.3) is 0 Å². The van der Waals surface area contributed by atoms with Gasteiger partial charge in [-0.05, 0) is 38.8 Å². The summed E-state index contributed by atoms with van der Waals surface area (Å²) in [6, 6.07) is 0. The van der Waals surface area contributed by atoms with E-state index < -0.39 is 0 Å². The van der Waals surface area contributed by atoms with E-state index in [-0.39, 0.29) is 0 Å². The van der Waals surface area contributed by atoms with Crippen LogP contribution < -0.4 is 5.32 Å². The summed E-state index contributed by atoms with van der Waals surface area (Å²) in [5, 5.41) is 7.59. The molecule has 1 aliphatic heterocycles. The molecule has 2 rings (SSSR count). The second-order valence-corrected chi connectivity index (χ2v) is 4.40. The van der Waals surface area contributed by atoms with E-state index in [4.69, 9.17) is 4.74 Å². The molecule has 1 aromatic heterocycles. The largest absolute Gasteiger partial charge is 0.377 e. The van der Waals surface area contributed by atoms with Crippen molar-refractivity contribution in [3.05, 3.63) is 18.0 Å². The summed E-state index contributed by atoms with van der Waals surface area (Å²) in [6.45, 7) is 6.91. The van der Waals surface area contributed by atoms with Gasteiger partial charge in [-0.25, -0.2) is 0 Å². The standard InChI is InChI=1S/C12H21N3O/c1-2-15-9-12(8-14-15)10-16-6-4-11-3-5-13-7-11/h8-9,11,13H,2-7,10H2,1H3. The van der Waals surface area contributed by atoms with Crippen LogP contribution in [0.15, 0.2) is 12.4 Å². The van der Waals surface area contributed by atoms with E-state index in [1.54, 1.807) is 0 Å². The van der Waals surface area contributed by atoms with Gasteiger partial charge in [-0.1, -0.05) is 0 Å². The molecule has 1 fully saturated rings. The van der Waals surface area contributed by atoms with Crippen LogP contribution in [0.3, 0.4) is 0 Å². The fourth-order valence-corrected chi connectivity index (χ4v) is 2.05. The molecular formula is C12H21N3O. The molecule has 1 unspecified atom stereocenters. The quantitative estimate of drug-likeness (QED) is 0.741. The number of aromatic nitrogens is 2. The first kappa shape index (κ1) is 11.6. The number of hydrogen-bond acceptors (Lipinski definition) is 3. The van der Waals surface area contributed by atoms with Crippen molar-refractivity contribution >= 4 is 0 Å². The topological polar surface area (TPSA) is 39.1 Å². The molecule has 1 aliphatic rings. The lowest BCUT2D eigenvalue weighted by molar-refractivity contribution is 0.109. The first-order chi connectivity index (χ1) is 7.88. The third kappa shape index (κ3) is 3.32. The van der Waals surface area contributed by atoms with Crippen LogP contribution in [-0.2, 0) is 17.9 Å². The van der Waals surface area contributed by atoms with Gasteiger partial charge in [0.1, 0.15) is 0 Å². The molecule has 1 atom stereocenters. The molecule has 1 saturated heterocycles. The Balaban J connectivity index is 1.60. The van der Waals surface area contributed by atoms with Crippen molar-refractivity contribution in [1.82, 2.24) is 15.1 Å². The van der Waals surface area contributed by atoms with Crippen LogP contribution in [0, 0.1) is 5.92 Å². The van der Waals surface area contributed by atoms with Crippen molar-refractivity contribution in [1.29, 1.82) is 0 Å². The fraction of sp³-hybridized carbons (Fsp3) is 0.750. The highest BCUT2D eigenvalue weighted by Gasteiger charge is 2.13. The second-order valence-electron chi connectivity index (χ2n) is 4.40. The van der Waals surface area contributed by atoms with E-state index in [1.807, 2.05) is 10.9 Å². The number of rotatable bonds is 6. The van der Waals surface area contributed by atoms with Gasteiger partial charge in [-0.2, -0.15) is 5.10 Å². The zero-order valence-corrected chi connectivity index (χ0v) is 9.98. The average molecular weight is 223 g/mol. The molecule has 2 heterocycles. The molecule has 0 radical (unpaired) electrons. The van der Waals surface area contributed by atoms with Crippen molar-refractivity contribution in [2.45, 2.75) is 32.9 Å². The third-order valence-corrected chi connectivity index (χ3v) is 3.11. The van der Waals surface area contributed by atoms with Crippen molar-refractivity contribution < 1.29 is 4.74 Å². The Hall–Kier alpha value is -0.870. The van der Waals surface area contributed by atoms with E-state index in [9.17, 15) is 0 Å². The monoisotopic (exact) mass is 223 g/mol. The Labute approximate surface area is 97.0 Å². The zero-order chi connectivity index (χ0) is 11.2. The average Bonchev–Trinajstić information content (AvgIpc) is 2.95. The van der Waals surface area contributed by atoms with Crippen LogP contribution in [0.25, 0.3) is 0 Å². The number of aryl methyl sites for hydroxylation is 1. The van der Waals surface area contributed by atoms with Crippen LogP contribution in [0.1, 0.15) is 25.3 Å². The Morgan fingerprint density at radius 1 is 1.62 bits per heavy atom. The maximum Gasteiger partial charge on any atom is 0.0747 e. The first-order valence-electron chi connectivity index (χ1n) is 6.18. The van der Waals surface area contributed by atoms with Gasteiger partial charge in [0, 0.05) is 24.9 Å². The summed E-state index contributed by atoms with van der Waals surface area (Å²) in [5.41, 5.74) is 1.17. The normalized spacial score (nSPS) is 20.4. The van der Waals surface area contributed by atoms with Crippen molar-refractivity contribution in [3.8, 4) is 0 Å². The molecular weight excluding hydrogens is 202 g/mol. The Bertz CT molecular complexity index is 305. The molecule has 1 N–H and O–H groups in total. The second kappa shape index (κ2) is 6.01. The lowest BCUT2D eigenvalue weighted by Gasteiger charge is -2.07. The highest BCUT2D eigenvalue weighted by molar-refractivity contribution is 5.01. The summed E-state index contributed by atoms with van der Waals surface area (Å²) in [7, 11) is 0. The molecule has 0 aromatic carbocycles. The molecule has 0 aliphatic carbocycles. The van der Waals surface area contributed by atoms with E-state index in [2.05, 4.69) is 23.5 Å². The maximum absolute atomic E-state index is 5.66. The van der Waals surface area contributed by atoms with E-state index >= 15 is 0 Å². The van der Waals surface area contributed by atoms with Crippen LogP contribution in [0.4, 0.5) is 0 Å². The molecule has 0 spiro atoms. The fourth-order valence-electron chi connectivity index (χ4n) is 2.05. The summed E-state index contributed by atoms with van der Waals surface area (Å²) in [5.74, 6) is 0.818. The highest BCUT2D eigenvalue weighted by Crippen LogP contribution is 2.12. The van der Waals surface area contributed by atoms with Gasteiger partial charge in [0.15, 0.2) is 0 Å². The van der Waals surface area contributed by atoms with E-state index in [0.29, 0.717) is 6.61 Å². The molecule has 90 valence electrons. The lowest BCUT2D eigenvalue weighted by atomic mass is 10.1. The Morgan fingerprint density at radius 2 is 2.56 bits per heavy atom. The predicted molar refractivity (Wildman–Crippen MR) is 63.2 cm³/mol. The van der Waals surface area contributed by atoms with Crippen molar-refractivity contribution in [2.24, 2.45) is 5.92 Å². The minimum atomic E-state index is 0.695. The molecule has 16 heavy (non-hydrogen) atoms. The first-order valence-corrected chi connectivity index (χ1v) is 6.18. The van der Waals surface area contributed by atoms with Gasteiger partial charge in [0.05, 0.1) is 12.8 Å². The number of nitrogens with one attached hydrogen (secondary N) is 1. The summed E-state index contributed by atoms with van der Waals surface area (Å²) >= 11 is 0. The van der Waals surface area contributed by atoms with E-state index in [0.717, 1.165) is 25.6 Å². The molecule has 0 saturated carbocycles. The van der Waals surface area contributed by atoms with Gasteiger partial charge >= 0.3 is 0 Å². The van der Waals surface area contributed by atoms with Gasteiger partial charge in [-0.15, -0.1) is 0 Å². The smallest absolute Gasteiger partial charge is 0.0747 e. The summed E-state index contributed by atoms with van der Waals surface area (Å²) < 4.78 is 7.59. The number of ether oxygens (including phenoxy) is 1. The Kier molecular flexibility index (Phi) is 4.36. The molecule has 4 heteroatoms. The Morgan fingerprint density at radius 3 is 3.25 bits per heavy atom. The predicted octanol–water partition coefficient (Wildman–Crippen LogP) is 1.42. The van der Waals surface area contributed by atoms with Gasteiger partial charge < -0.3 is 10.1 Å². The minimum absolute atomic E-state index is 0.695. The summed E-state index contributed by atoms with van der Waals surface area (Å²) in [4.78, 5) is 0. The molecule has 1 aromatic rings. The summed E-state index contributed by atoms with van der Waals surface area (Å²) in [6.07, 6.45) is 6.42. The van der Waals surface area contributed by atoms with Crippen LogP contribution >= 0.6 is 0 Å². The zero-order valence-electron chi connectivity index (χ0n) is 9.98. The van der Waals surface area contributed by atoms with Crippen LogP contribution in [0.2, 0.25) is 0 Å². The molecule has 4 nitrogen and oxygen atoms in total. The number of nitrogens with zero attached hydrogens (tertiary/aromatic N) is 2. The van der Waals surface area contributed by atoms with Crippen molar-refractivity contribution in [3.63, 3.8) is 0 Å². The van der Waals surface area contributed by atoms with Crippen LogP contribution in [-0.4, -0.2) is 29.5 Å². The molecule has 0 amide bonds. The van der Waals surface area contributed by atoms with Gasteiger partial charge in [0.2, 0.25) is 0 Å². The highest BCUT2D eigenvalue weighted by atomic mass is 16.5. The van der Waals surface area contributed by atoms with Crippen LogP contribution in [0.5, 0.6) is 0 Å². The number of hydrogen-bond donors (Lipinski definition) is 1. The van der Waals surface area contributed by atoms with Gasteiger partial charge in [-0.3, -0.25) is 4.68 Å². The van der Waals surface area contributed by atoms with E-state index in [1.165, 1.54) is 24.9 Å². The molecule has 0 bridgehead atoms.